The van der Waals surface area contributed by atoms with Crippen molar-refractivity contribution in [1.82, 2.24) is 10.2 Å². The molecule has 1 saturated carbocycles. The first kappa shape index (κ1) is 11.0. The van der Waals surface area contributed by atoms with Gasteiger partial charge in [-0.3, -0.25) is 4.90 Å². The molecule has 2 aliphatic heterocycles. The summed E-state index contributed by atoms with van der Waals surface area (Å²) in [6.45, 7) is 5.91. The zero-order valence-electron chi connectivity index (χ0n) is 10.2. The highest BCUT2D eigenvalue weighted by Crippen LogP contribution is 2.30. The van der Waals surface area contributed by atoms with Crippen LogP contribution in [0.25, 0.3) is 0 Å². The largest absolute Gasteiger partial charge is 0.375 e. The number of hydrogen-bond acceptors (Lipinski definition) is 3. The molecule has 0 amide bonds. The van der Waals surface area contributed by atoms with Crippen molar-refractivity contribution in [1.29, 1.82) is 0 Å². The van der Waals surface area contributed by atoms with Gasteiger partial charge >= 0.3 is 0 Å². The van der Waals surface area contributed by atoms with Crippen LogP contribution in [0.3, 0.4) is 0 Å². The van der Waals surface area contributed by atoms with E-state index < -0.39 is 0 Å². The van der Waals surface area contributed by atoms with Crippen molar-refractivity contribution in [3.05, 3.63) is 0 Å². The number of fused-ring (bicyclic) bond motifs is 1. The number of piperidine rings is 1. The molecule has 0 spiro atoms. The first-order valence-corrected chi connectivity index (χ1v) is 7.00. The monoisotopic (exact) mass is 224 g/mol. The zero-order valence-corrected chi connectivity index (χ0v) is 10.2. The molecule has 16 heavy (non-hydrogen) atoms. The van der Waals surface area contributed by atoms with Gasteiger partial charge in [-0.15, -0.1) is 0 Å². The molecule has 1 N–H and O–H groups in total. The Kier molecular flexibility index (Phi) is 3.46. The van der Waals surface area contributed by atoms with Crippen molar-refractivity contribution >= 4 is 0 Å². The number of nitrogens with one attached hydrogen (secondary N) is 1. The van der Waals surface area contributed by atoms with Crippen LogP contribution in [0.4, 0.5) is 0 Å². The molecule has 1 aliphatic carbocycles. The maximum Gasteiger partial charge on any atom is 0.0730 e. The highest BCUT2D eigenvalue weighted by atomic mass is 16.5. The molecular weight excluding hydrogens is 200 g/mol. The Labute approximate surface area is 98.5 Å². The molecule has 0 aromatic carbocycles. The molecule has 3 fully saturated rings. The fraction of sp³-hybridized carbons (Fsp3) is 1.00. The molecule has 2 heterocycles. The lowest BCUT2D eigenvalue weighted by Gasteiger charge is -2.40. The summed E-state index contributed by atoms with van der Waals surface area (Å²) in [6.07, 6.45) is 7.35. The highest BCUT2D eigenvalue weighted by Gasteiger charge is 2.36. The first-order chi connectivity index (χ1) is 7.93. The third-order valence-corrected chi connectivity index (χ3v) is 4.55. The topological polar surface area (TPSA) is 24.5 Å². The van der Waals surface area contributed by atoms with Crippen LogP contribution in [-0.4, -0.2) is 49.8 Å². The maximum absolute atomic E-state index is 5.87. The molecule has 3 nitrogen and oxygen atoms in total. The minimum atomic E-state index is 0.565. The van der Waals surface area contributed by atoms with E-state index in [9.17, 15) is 0 Å². The van der Waals surface area contributed by atoms with Crippen molar-refractivity contribution in [2.24, 2.45) is 5.92 Å². The standard InChI is InChI=1S/C13H24N2O/c1-2-12-13(3-1)16-9-8-15(12)10-11-4-6-14-7-5-11/h11-14H,1-10H2/t12-,13+/m1/s1. The minimum absolute atomic E-state index is 0.565. The van der Waals surface area contributed by atoms with Gasteiger partial charge in [0.1, 0.15) is 0 Å². The van der Waals surface area contributed by atoms with Gasteiger partial charge in [-0.2, -0.15) is 0 Å². The van der Waals surface area contributed by atoms with Crippen LogP contribution in [0.5, 0.6) is 0 Å². The molecule has 3 aliphatic rings. The predicted molar refractivity (Wildman–Crippen MR) is 64.5 cm³/mol. The second kappa shape index (κ2) is 5.03. The summed E-state index contributed by atoms with van der Waals surface area (Å²) in [5.41, 5.74) is 0. The van der Waals surface area contributed by atoms with Gasteiger partial charge in [0, 0.05) is 19.1 Å². The van der Waals surface area contributed by atoms with Crippen LogP contribution in [-0.2, 0) is 4.74 Å². The Balaban J connectivity index is 1.56. The van der Waals surface area contributed by atoms with Gasteiger partial charge in [0.2, 0.25) is 0 Å². The van der Waals surface area contributed by atoms with E-state index in [1.807, 2.05) is 0 Å². The molecule has 0 aromatic heterocycles. The van der Waals surface area contributed by atoms with Crippen LogP contribution in [0.2, 0.25) is 0 Å². The van der Waals surface area contributed by atoms with Gasteiger partial charge in [-0.1, -0.05) is 0 Å². The van der Waals surface area contributed by atoms with Crippen molar-refractivity contribution < 1.29 is 4.74 Å². The lowest BCUT2D eigenvalue weighted by Crippen LogP contribution is -2.50. The Morgan fingerprint density at radius 2 is 2.00 bits per heavy atom. The lowest BCUT2D eigenvalue weighted by atomic mass is 9.96. The SMILES string of the molecule is C1C[C@@H]2OCCN(CC3CCNCC3)[C@@H]2C1. The smallest absolute Gasteiger partial charge is 0.0730 e. The van der Waals surface area contributed by atoms with Crippen LogP contribution in [0.1, 0.15) is 32.1 Å². The Bertz CT molecular complexity index is 228. The van der Waals surface area contributed by atoms with Crippen molar-refractivity contribution in [2.45, 2.75) is 44.2 Å². The molecule has 3 rings (SSSR count). The van der Waals surface area contributed by atoms with E-state index in [1.165, 1.54) is 58.3 Å². The fourth-order valence-electron chi connectivity index (χ4n) is 3.63. The van der Waals surface area contributed by atoms with Crippen LogP contribution >= 0.6 is 0 Å². The minimum Gasteiger partial charge on any atom is -0.375 e. The highest BCUT2D eigenvalue weighted by molar-refractivity contribution is 4.90. The van der Waals surface area contributed by atoms with E-state index in [0.29, 0.717) is 6.10 Å². The summed E-state index contributed by atoms with van der Waals surface area (Å²) in [5.74, 6) is 0.931. The number of ether oxygens (including phenoxy) is 1. The molecule has 3 heteroatoms. The molecular formula is C13H24N2O. The van der Waals surface area contributed by atoms with E-state index >= 15 is 0 Å². The molecule has 92 valence electrons. The van der Waals surface area contributed by atoms with Crippen molar-refractivity contribution in [3.63, 3.8) is 0 Å². The van der Waals surface area contributed by atoms with E-state index in [-0.39, 0.29) is 0 Å². The number of nitrogens with zero attached hydrogens (tertiary/aromatic N) is 1. The van der Waals surface area contributed by atoms with Crippen LogP contribution in [0.15, 0.2) is 0 Å². The second-order valence-corrected chi connectivity index (χ2v) is 5.60. The number of morpholine rings is 1. The van der Waals surface area contributed by atoms with E-state index in [4.69, 9.17) is 4.74 Å². The average molecular weight is 224 g/mol. The molecule has 2 saturated heterocycles. The van der Waals surface area contributed by atoms with Gasteiger partial charge < -0.3 is 10.1 Å². The summed E-state index contributed by atoms with van der Waals surface area (Å²) in [4.78, 5) is 2.73. The molecule has 0 radical (unpaired) electrons. The second-order valence-electron chi connectivity index (χ2n) is 5.60. The summed E-state index contributed by atoms with van der Waals surface area (Å²) in [7, 11) is 0. The zero-order chi connectivity index (χ0) is 10.8. The summed E-state index contributed by atoms with van der Waals surface area (Å²) < 4.78 is 5.87. The Hall–Kier alpha value is -0.120. The lowest BCUT2D eigenvalue weighted by molar-refractivity contribution is -0.0613. The first-order valence-electron chi connectivity index (χ1n) is 7.00. The molecule has 0 aromatic rings. The van der Waals surface area contributed by atoms with E-state index in [2.05, 4.69) is 10.2 Å². The third kappa shape index (κ3) is 2.27. The predicted octanol–water partition coefficient (Wildman–Crippen LogP) is 1.24. The quantitative estimate of drug-likeness (QED) is 0.764. The average Bonchev–Trinajstić information content (AvgIpc) is 2.80. The van der Waals surface area contributed by atoms with Gasteiger partial charge in [0.15, 0.2) is 0 Å². The van der Waals surface area contributed by atoms with Gasteiger partial charge in [-0.05, 0) is 51.1 Å². The van der Waals surface area contributed by atoms with E-state index in [1.54, 1.807) is 0 Å². The summed E-state index contributed by atoms with van der Waals surface area (Å²) in [6, 6.07) is 0.753. The van der Waals surface area contributed by atoms with Crippen molar-refractivity contribution in [3.8, 4) is 0 Å². The fourth-order valence-corrected chi connectivity index (χ4v) is 3.63. The molecule has 2 atom stereocenters. The maximum atomic E-state index is 5.87. The van der Waals surface area contributed by atoms with Crippen LogP contribution in [0, 0.1) is 5.92 Å². The molecule has 0 unspecified atom stereocenters. The normalized spacial score (nSPS) is 37.5. The third-order valence-electron chi connectivity index (χ3n) is 4.55. The van der Waals surface area contributed by atoms with Gasteiger partial charge in [0.05, 0.1) is 12.7 Å². The Morgan fingerprint density at radius 3 is 2.88 bits per heavy atom. The van der Waals surface area contributed by atoms with Crippen LogP contribution < -0.4 is 5.32 Å². The number of rotatable bonds is 2. The van der Waals surface area contributed by atoms with Crippen molar-refractivity contribution in [2.75, 3.05) is 32.8 Å². The summed E-state index contributed by atoms with van der Waals surface area (Å²) in [5, 5.41) is 3.46. The van der Waals surface area contributed by atoms with E-state index in [0.717, 1.165) is 18.6 Å². The summed E-state index contributed by atoms with van der Waals surface area (Å²) >= 11 is 0. The molecule has 0 bridgehead atoms. The Morgan fingerprint density at radius 1 is 1.12 bits per heavy atom. The van der Waals surface area contributed by atoms with Gasteiger partial charge in [0.25, 0.3) is 0 Å². The van der Waals surface area contributed by atoms with Gasteiger partial charge in [-0.25, -0.2) is 0 Å². The number of hydrogen-bond donors (Lipinski definition) is 1.